The molecule has 1 saturated heterocycles. The zero-order chi connectivity index (χ0) is 12.3. The van der Waals surface area contributed by atoms with E-state index in [2.05, 4.69) is 0 Å². The van der Waals surface area contributed by atoms with Crippen molar-refractivity contribution in [2.24, 2.45) is 0 Å². The number of carboxylic acid groups (broad SMARTS) is 1. The van der Waals surface area contributed by atoms with Gasteiger partial charge in [-0.2, -0.15) is 11.8 Å². The number of rotatable bonds is 3. The summed E-state index contributed by atoms with van der Waals surface area (Å²) in [5, 5.41) is 9.14. The summed E-state index contributed by atoms with van der Waals surface area (Å²) in [6.45, 7) is 0. The van der Waals surface area contributed by atoms with Crippen molar-refractivity contribution in [1.82, 2.24) is 0 Å². The summed E-state index contributed by atoms with van der Waals surface area (Å²) in [5.41, 5.74) is 1.40. The molecule has 0 spiro atoms. The molecule has 0 amide bonds. The van der Waals surface area contributed by atoms with E-state index in [1.807, 2.05) is 17.8 Å². The van der Waals surface area contributed by atoms with Gasteiger partial charge in [0.15, 0.2) is 0 Å². The molecule has 4 heteroatoms. The van der Waals surface area contributed by atoms with Gasteiger partial charge < -0.3 is 9.84 Å². The molecule has 17 heavy (non-hydrogen) atoms. The van der Waals surface area contributed by atoms with Gasteiger partial charge in [-0.3, -0.25) is 0 Å². The fraction of sp³-hybridized carbons (Fsp3) is 0.462. The predicted molar refractivity (Wildman–Crippen MR) is 69.3 cm³/mol. The summed E-state index contributed by atoms with van der Waals surface area (Å²) in [6, 6.07) is 5.52. The van der Waals surface area contributed by atoms with E-state index in [0.717, 1.165) is 18.4 Å². The van der Waals surface area contributed by atoms with Gasteiger partial charge in [0.1, 0.15) is 11.3 Å². The average molecular weight is 252 g/mol. The summed E-state index contributed by atoms with van der Waals surface area (Å²) >= 11 is 1.97. The van der Waals surface area contributed by atoms with E-state index >= 15 is 0 Å². The fourth-order valence-corrected chi connectivity index (χ4v) is 3.28. The van der Waals surface area contributed by atoms with E-state index in [4.69, 9.17) is 9.84 Å². The molecule has 1 aromatic carbocycles. The zero-order valence-corrected chi connectivity index (χ0v) is 10.6. The van der Waals surface area contributed by atoms with E-state index in [-0.39, 0.29) is 5.56 Å². The topological polar surface area (TPSA) is 46.5 Å². The molecule has 1 fully saturated rings. The van der Waals surface area contributed by atoms with Crippen LogP contribution in [-0.4, -0.2) is 29.7 Å². The van der Waals surface area contributed by atoms with Crippen LogP contribution in [0.2, 0.25) is 0 Å². The number of hydrogen-bond acceptors (Lipinski definition) is 3. The highest BCUT2D eigenvalue weighted by atomic mass is 32.2. The first-order chi connectivity index (χ1) is 8.22. The van der Waals surface area contributed by atoms with Gasteiger partial charge >= 0.3 is 5.97 Å². The van der Waals surface area contributed by atoms with Gasteiger partial charge in [-0.25, -0.2) is 4.79 Å². The maximum atomic E-state index is 11.1. The second-order valence-electron chi connectivity index (χ2n) is 4.15. The van der Waals surface area contributed by atoms with Crippen LogP contribution in [0.5, 0.6) is 5.75 Å². The van der Waals surface area contributed by atoms with E-state index in [1.165, 1.54) is 18.6 Å². The van der Waals surface area contributed by atoms with Crippen LogP contribution in [-0.2, 0) is 0 Å². The van der Waals surface area contributed by atoms with Crippen molar-refractivity contribution in [3.05, 3.63) is 29.3 Å². The number of benzene rings is 1. The monoisotopic (exact) mass is 252 g/mol. The van der Waals surface area contributed by atoms with Crippen LogP contribution in [0.3, 0.4) is 0 Å². The van der Waals surface area contributed by atoms with Crippen LogP contribution < -0.4 is 4.74 Å². The molecule has 0 atom stereocenters. The molecule has 1 aliphatic heterocycles. The van der Waals surface area contributed by atoms with Crippen molar-refractivity contribution in [1.29, 1.82) is 0 Å². The maximum Gasteiger partial charge on any atom is 0.339 e. The third-order valence-corrected chi connectivity index (χ3v) is 4.20. The van der Waals surface area contributed by atoms with E-state index in [0.29, 0.717) is 11.7 Å². The number of aromatic carboxylic acids is 1. The van der Waals surface area contributed by atoms with Gasteiger partial charge in [0.05, 0.1) is 7.11 Å². The van der Waals surface area contributed by atoms with Crippen molar-refractivity contribution < 1.29 is 14.6 Å². The first kappa shape index (κ1) is 12.3. The second-order valence-corrected chi connectivity index (χ2v) is 5.38. The van der Waals surface area contributed by atoms with Gasteiger partial charge in [0.2, 0.25) is 0 Å². The minimum absolute atomic E-state index is 0.267. The molecule has 1 N–H and O–H groups in total. The number of thioether (sulfide) groups is 1. The van der Waals surface area contributed by atoms with E-state index in [9.17, 15) is 4.79 Å². The van der Waals surface area contributed by atoms with Crippen molar-refractivity contribution in [2.75, 3.05) is 18.6 Å². The van der Waals surface area contributed by atoms with Crippen molar-refractivity contribution in [2.45, 2.75) is 18.8 Å². The summed E-state index contributed by atoms with van der Waals surface area (Å²) in [6.07, 6.45) is 2.27. The maximum absolute atomic E-state index is 11.1. The van der Waals surface area contributed by atoms with E-state index in [1.54, 1.807) is 12.1 Å². The molecule has 0 aromatic heterocycles. The Hall–Kier alpha value is -1.16. The number of ether oxygens (including phenoxy) is 1. The Kier molecular flexibility index (Phi) is 3.94. The summed E-state index contributed by atoms with van der Waals surface area (Å²) in [4.78, 5) is 11.1. The molecule has 0 bridgehead atoms. The molecular formula is C13H16O3S. The van der Waals surface area contributed by atoms with Crippen molar-refractivity contribution in [3.63, 3.8) is 0 Å². The molecule has 3 nitrogen and oxygen atoms in total. The molecule has 0 unspecified atom stereocenters. The molecule has 1 aromatic rings. The molecule has 92 valence electrons. The third kappa shape index (κ3) is 2.75. The Balaban J connectivity index is 2.29. The van der Waals surface area contributed by atoms with Gasteiger partial charge in [-0.15, -0.1) is 0 Å². The quantitative estimate of drug-likeness (QED) is 0.898. The van der Waals surface area contributed by atoms with Crippen LogP contribution in [0.15, 0.2) is 18.2 Å². The number of carbonyl (C=O) groups is 1. The molecule has 1 aliphatic rings. The normalized spacial score (nSPS) is 16.8. The third-order valence-electron chi connectivity index (χ3n) is 3.15. The van der Waals surface area contributed by atoms with Crippen LogP contribution in [0.25, 0.3) is 0 Å². The number of methoxy groups -OCH3 is 1. The largest absolute Gasteiger partial charge is 0.496 e. The van der Waals surface area contributed by atoms with E-state index < -0.39 is 5.97 Å². The molecular weight excluding hydrogens is 236 g/mol. The Morgan fingerprint density at radius 1 is 1.41 bits per heavy atom. The second kappa shape index (κ2) is 5.45. The molecule has 0 saturated carbocycles. The lowest BCUT2D eigenvalue weighted by atomic mass is 9.92. The molecule has 0 radical (unpaired) electrons. The SMILES string of the molecule is COc1ccc(C2CCSCC2)cc1C(=O)O. The van der Waals surface area contributed by atoms with Crippen molar-refractivity contribution in [3.8, 4) is 5.75 Å². The average Bonchev–Trinajstić information content (AvgIpc) is 2.39. The summed E-state index contributed by atoms with van der Waals surface area (Å²) in [7, 11) is 1.50. The highest BCUT2D eigenvalue weighted by Gasteiger charge is 2.19. The Morgan fingerprint density at radius 2 is 2.12 bits per heavy atom. The van der Waals surface area contributed by atoms with Crippen LogP contribution in [0.1, 0.15) is 34.7 Å². The first-order valence-corrected chi connectivity index (χ1v) is 6.87. The van der Waals surface area contributed by atoms with Crippen LogP contribution in [0, 0.1) is 0 Å². The van der Waals surface area contributed by atoms with Crippen molar-refractivity contribution >= 4 is 17.7 Å². The fourth-order valence-electron chi connectivity index (χ4n) is 2.18. The first-order valence-electron chi connectivity index (χ1n) is 5.71. The van der Waals surface area contributed by atoms with Gasteiger partial charge in [0.25, 0.3) is 0 Å². The lowest BCUT2D eigenvalue weighted by molar-refractivity contribution is 0.0693. The summed E-state index contributed by atoms with van der Waals surface area (Å²) in [5.74, 6) is 2.35. The number of carboxylic acids is 1. The van der Waals surface area contributed by atoms with Gasteiger partial charge in [0, 0.05) is 0 Å². The highest BCUT2D eigenvalue weighted by Crippen LogP contribution is 2.33. The minimum Gasteiger partial charge on any atom is -0.496 e. The van der Waals surface area contributed by atoms with Gasteiger partial charge in [-0.05, 0) is 48.0 Å². The predicted octanol–water partition coefficient (Wildman–Crippen LogP) is 3.00. The molecule has 1 heterocycles. The smallest absolute Gasteiger partial charge is 0.339 e. The minimum atomic E-state index is -0.922. The lowest BCUT2D eigenvalue weighted by Crippen LogP contribution is -2.09. The zero-order valence-electron chi connectivity index (χ0n) is 9.81. The summed E-state index contributed by atoms with van der Waals surface area (Å²) < 4.78 is 5.06. The molecule has 0 aliphatic carbocycles. The van der Waals surface area contributed by atoms with Crippen LogP contribution in [0.4, 0.5) is 0 Å². The molecule has 2 rings (SSSR count). The Bertz CT molecular complexity index is 411. The van der Waals surface area contributed by atoms with Crippen LogP contribution >= 0.6 is 11.8 Å². The Morgan fingerprint density at radius 3 is 2.71 bits per heavy atom. The lowest BCUT2D eigenvalue weighted by Gasteiger charge is -2.22. The van der Waals surface area contributed by atoms with Gasteiger partial charge in [-0.1, -0.05) is 6.07 Å². The standard InChI is InChI=1S/C13H16O3S/c1-16-12-3-2-10(8-11(12)13(14)15)9-4-6-17-7-5-9/h2-3,8-9H,4-7H2,1H3,(H,14,15). The number of hydrogen-bond donors (Lipinski definition) is 1. The highest BCUT2D eigenvalue weighted by molar-refractivity contribution is 7.99. The Labute approximate surface area is 105 Å².